The van der Waals surface area contributed by atoms with Gasteiger partial charge in [0.05, 0.1) is 0 Å². The van der Waals surface area contributed by atoms with Crippen LogP contribution in [0.5, 0.6) is 0 Å². The molecule has 2 aliphatic carbocycles. The van der Waals surface area contributed by atoms with Crippen molar-refractivity contribution in [3.63, 3.8) is 0 Å². The maximum atomic E-state index is 13.2. The second-order valence-electron chi connectivity index (χ2n) is 9.76. The fourth-order valence-corrected chi connectivity index (χ4v) is 5.95. The van der Waals surface area contributed by atoms with E-state index in [0.717, 1.165) is 51.5 Å². The summed E-state index contributed by atoms with van der Waals surface area (Å²) in [5.41, 5.74) is 0.961. The molecule has 5 rings (SSSR count). The van der Waals surface area contributed by atoms with Gasteiger partial charge in [-0.2, -0.15) is 0 Å². The van der Waals surface area contributed by atoms with E-state index < -0.39 is 0 Å². The number of carbonyl (C=O) groups is 2. The van der Waals surface area contributed by atoms with Crippen LogP contribution in [-0.2, 0) is 4.79 Å². The molecule has 8 nitrogen and oxygen atoms in total. The summed E-state index contributed by atoms with van der Waals surface area (Å²) >= 11 is 0. The molecule has 2 aliphatic heterocycles. The monoisotopic (exact) mass is 415 g/mol. The Kier molecular flexibility index (Phi) is 5.29. The molecule has 2 amide bonds. The average molecular weight is 416 g/mol. The molecule has 30 heavy (non-hydrogen) atoms. The Morgan fingerprint density at radius 1 is 0.933 bits per heavy atom. The van der Waals surface area contributed by atoms with Crippen molar-refractivity contribution < 1.29 is 14.2 Å². The number of hydrogen-bond donors (Lipinski definition) is 0. The zero-order chi connectivity index (χ0) is 20.7. The van der Waals surface area contributed by atoms with Crippen molar-refractivity contribution in [1.29, 1.82) is 0 Å². The summed E-state index contributed by atoms with van der Waals surface area (Å²) in [5.74, 6) is 0.409. The lowest BCUT2D eigenvalue weighted by Crippen LogP contribution is -2.53. The second-order valence-corrected chi connectivity index (χ2v) is 9.76. The maximum Gasteiger partial charge on any atom is 0.278 e. The van der Waals surface area contributed by atoms with E-state index in [1.54, 1.807) is 6.92 Å². The van der Waals surface area contributed by atoms with Crippen LogP contribution in [0, 0.1) is 18.3 Å². The Hall–Kier alpha value is -1.96. The summed E-state index contributed by atoms with van der Waals surface area (Å²) in [6.45, 7) is 6.93. The highest BCUT2D eigenvalue weighted by molar-refractivity contribution is 5.93. The number of carbonyl (C=O) groups excluding carboxylic acids is 2. The smallest absolute Gasteiger partial charge is 0.278 e. The summed E-state index contributed by atoms with van der Waals surface area (Å²) < 4.78 is 4.67. The zero-order valence-electron chi connectivity index (χ0n) is 18.0. The van der Waals surface area contributed by atoms with Gasteiger partial charge in [0.2, 0.25) is 5.91 Å². The highest BCUT2D eigenvalue weighted by atomic mass is 16.6. The molecular weight excluding hydrogens is 382 g/mol. The molecule has 4 aliphatic rings. The van der Waals surface area contributed by atoms with Gasteiger partial charge in [-0.3, -0.25) is 14.5 Å². The largest absolute Gasteiger partial charge is 0.340 e. The van der Waals surface area contributed by atoms with Crippen molar-refractivity contribution in [2.75, 3.05) is 39.3 Å². The van der Waals surface area contributed by atoms with Crippen LogP contribution in [0.2, 0.25) is 0 Å². The average Bonchev–Trinajstić information content (AvgIpc) is 3.31. The fraction of sp³-hybridized carbons (Fsp3) is 0.818. The third-order valence-corrected chi connectivity index (χ3v) is 8.11. The first kappa shape index (κ1) is 20.0. The highest BCUT2D eigenvalue weighted by Gasteiger charge is 2.59. The molecule has 8 heteroatoms. The maximum absolute atomic E-state index is 13.2. The Morgan fingerprint density at radius 3 is 2.27 bits per heavy atom. The summed E-state index contributed by atoms with van der Waals surface area (Å²) in [7, 11) is 0. The van der Waals surface area contributed by atoms with Crippen molar-refractivity contribution in [3.05, 3.63) is 11.4 Å². The molecule has 3 heterocycles. The molecule has 0 bridgehead atoms. The van der Waals surface area contributed by atoms with Crippen molar-refractivity contribution in [2.24, 2.45) is 11.3 Å². The van der Waals surface area contributed by atoms with E-state index in [2.05, 4.69) is 24.7 Å². The molecule has 1 spiro atoms. The SMILES string of the molecule is Cc1nonc1C(=O)N1CCC2(CC1)C[C@@H]2C(=O)N1CCN(C2CCCCC2)CC1. The normalized spacial score (nSPS) is 27.4. The van der Waals surface area contributed by atoms with Gasteiger partial charge < -0.3 is 9.80 Å². The van der Waals surface area contributed by atoms with Gasteiger partial charge in [0.15, 0.2) is 5.69 Å². The van der Waals surface area contributed by atoms with Gasteiger partial charge >= 0.3 is 0 Å². The van der Waals surface area contributed by atoms with Crippen molar-refractivity contribution in [3.8, 4) is 0 Å². The summed E-state index contributed by atoms with van der Waals surface area (Å²) in [6.07, 6.45) is 9.57. The van der Waals surface area contributed by atoms with Gasteiger partial charge in [0.25, 0.3) is 5.91 Å². The first-order chi connectivity index (χ1) is 14.6. The number of piperidine rings is 1. The molecule has 0 N–H and O–H groups in total. The summed E-state index contributed by atoms with van der Waals surface area (Å²) in [4.78, 5) is 32.3. The van der Waals surface area contributed by atoms with Gasteiger partial charge in [0, 0.05) is 51.2 Å². The number of likely N-dealkylation sites (tertiary alicyclic amines) is 1. The first-order valence-electron chi connectivity index (χ1n) is 11.7. The Morgan fingerprint density at radius 2 is 1.63 bits per heavy atom. The van der Waals surface area contributed by atoms with E-state index in [9.17, 15) is 9.59 Å². The predicted octanol–water partition coefficient (Wildman–Crippen LogP) is 2.10. The summed E-state index contributed by atoms with van der Waals surface area (Å²) in [6, 6.07) is 0.744. The standard InChI is InChI=1S/C22H33N5O3/c1-16-19(24-30-23-16)21(29)26-9-7-22(8-10-26)15-18(22)20(28)27-13-11-25(12-14-27)17-5-3-2-4-6-17/h17-18H,2-15H2,1H3/t18-/m1/s1. The number of nitrogens with zero attached hydrogens (tertiary/aromatic N) is 5. The third-order valence-electron chi connectivity index (χ3n) is 8.11. The Labute approximate surface area is 177 Å². The third kappa shape index (κ3) is 3.63. The van der Waals surface area contributed by atoms with Gasteiger partial charge in [0.1, 0.15) is 5.69 Å². The molecule has 0 radical (unpaired) electrons. The number of piperazine rings is 1. The van der Waals surface area contributed by atoms with E-state index in [0.29, 0.717) is 30.4 Å². The second kappa shape index (κ2) is 7.94. The predicted molar refractivity (Wildman–Crippen MR) is 110 cm³/mol. The minimum Gasteiger partial charge on any atom is -0.340 e. The Bertz CT molecular complexity index is 786. The quantitative estimate of drug-likeness (QED) is 0.752. The number of aromatic nitrogens is 2. The molecule has 0 unspecified atom stereocenters. The van der Waals surface area contributed by atoms with Crippen LogP contribution < -0.4 is 0 Å². The lowest BCUT2D eigenvalue weighted by Gasteiger charge is -2.41. The van der Waals surface area contributed by atoms with Crippen LogP contribution in [0.4, 0.5) is 0 Å². The van der Waals surface area contributed by atoms with Gasteiger partial charge in [-0.1, -0.05) is 24.4 Å². The molecule has 164 valence electrons. The summed E-state index contributed by atoms with van der Waals surface area (Å²) in [5, 5.41) is 7.45. The van der Waals surface area contributed by atoms with Crippen LogP contribution in [-0.4, -0.2) is 82.1 Å². The number of aryl methyl sites for hydroxylation is 1. The lowest BCUT2D eigenvalue weighted by molar-refractivity contribution is -0.136. The number of amides is 2. The molecule has 0 aromatic carbocycles. The topological polar surface area (TPSA) is 82.8 Å². The van der Waals surface area contributed by atoms with Crippen LogP contribution in [0.15, 0.2) is 4.63 Å². The van der Waals surface area contributed by atoms with E-state index in [1.165, 1.54) is 32.1 Å². The van der Waals surface area contributed by atoms with Crippen LogP contribution in [0.3, 0.4) is 0 Å². The first-order valence-corrected chi connectivity index (χ1v) is 11.7. The molecule has 2 saturated carbocycles. The molecule has 2 saturated heterocycles. The van der Waals surface area contributed by atoms with Gasteiger partial charge in [-0.25, -0.2) is 4.63 Å². The minimum absolute atomic E-state index is 0.106. The van der Waals surface area contributed by atoms with E-state index >= 15 is 0 Å². The molecule has 1 aromatic heterocycles. The number of rotatable bonds is 3. The van der Waals surface area contributed by atoms with E-state index in [1.807, 2.05) is 4.90 Å². The lowest BCUT2D eigenvalue weighted by atomic mass is 9.90. The highest BCUT2D eigenvalue weighted by Crippen LogP contribution is 2.60. The van der Waals surface area contributed by atoms with Crippen LogP contribution >= 0.6 is 0 Å². The van der Waals surface area contributed by atoms with Crippen LogP contribution in [0.25, 0.3) is 0 Å². The molecule has 1 aromatic rings. The van der Waals surface area contributed by atoms with E-state index in [-0.39, 0.29) is 17.2 Å². The molecular formula is C22H33N5O3. The molecule has 1 atom stereocenters. The Balaban J connectivity index is 1.11. The van der Waals surface area contributed by atoms with Gasteiger partial charge in [-0.05, 0) is 49.6 Å². The van der Waals surface area contributed by atoms with Crippen molar-refractivity contribution in [1.82, 2.24) is 25.0 Å². The minimum atomic E-state index is -0.106. The zero-order valence-corrected chi connectivity index (χ0v) is 18.0. The van der Waals surface area contributed by atoms with Crippen LogP contribution in [0.1, 0.15) is 67.5 Å². The van der Waals surface area contributed by atoms with Crippen molar-refractivity contribution >= 4 is 11.8 Å². The molecule has 4 fully saturated rings. The fourth-order valence-electron chi connectivity index (χ4n) is 5.95. The number of hydrogen-bond acceptors (Lipinski definition) is 6. The van der Waals surface area contributed by atoms with Crippen molar-refractivity contribution in [2.45, 2.75) is 64.3 Å². The van der Waals surface area contributed by atoms with E-state index in [4.69, 9.17) is 0 Å². The van der Waals surface area contributed by atoms with Gasteiger partial charge in [-0.15, -0.1) is 0 Å².